The summed E-state index contributed by atoms with van der Waals surface area (Å²) in [5.41, 5.74) is 19.4. The third-order valence-corrected chi connectivity index (χ3v) is 21.6. The van der Waals surface area contributed by atoms with Crippen molar-refractivity contribution in [2.75, 3.05) is 26.6 Å². The summed E-state index contributed by atoms with van der Waals surface area (Å²) in [6.45, 7) is 0. The van der Waals surface area contributed by atoms with Crippen molar-refractivity contribution in [2.45, 2.75) is 7.43 Å². The van der Waals surface area contributed by atoms with Crippen molar-refractivity contribution < 1.29 is 60.3 Å². The second-order valence-electron chi connectivity index (χ2n) is 29.6. The Labute approximate surface area is 953 Å². The van der Waals surface area contributed by atoms with Crippen molar-refractivity contribution in [1.82, 2.24) is 0 Å². The molecule has 5 N–H and O–H groups in total. The summed E-state index contributed by atoms with van der Waals surface area (Å²) in [5, 5.41) is 8.35. The summed E-state index contributed by atoms with van der Waals surface area (Å²) in [4.78, 5) is 1.34. The third kappa shape index (κ3) is 32.4. The zero-order valence-electron chi connectivity index (χ0n) is 120. The van der Waals surface area contributed by atoms with Crippen LogP contribution in [0.3, 0.4) is 0 Å². The Morgan fingerprint density at radius 1 is 0.228 bits per heavy atom. The zero-order valence-corrected chi connectivity index (χ0v) is 82.1. The van der Waals surface area contributed by atoms with E-state index in [-0.39, 0.29) is 282 Å². The first kappa shape index (κ1) is 60.9. The van der Waals surface area contributed by atoms with E-state index in [0.29, 0.717) is 27.9 Å². The molecular weight excluding hydrogens is 2000 g/mol. The number of nitrogens with zero attached hydrogens (tertiary/aromatic N) is 2. The maximum absolute atomic E-state index is 9.30. The third-order valence-electron chi connectivity index (χ3n) is 20.1. The Kier molecular flexibility index (Phi) is 23.7. The molecule has 0 aromatic heterocycles. The number of benzene rings is 22. The Bertz CT molecular complexity index is 9520. The van der Waals surface area contributed by atoms with Gasteiger partial charge in [0.15, 0.2) is 0 Å². The second-order valence-corrected chi connectivity index (χ2v) is 32.7. The second kappa shape index (κ2) is 56.4. The van der Waals surface area contributed by atoms with Gasteiger partial charge < -0.3 is 26.6 Å². The van der Waals surface area contributed by atoms with Crippen LogP contribution in [0.25, 0.3) is 111 Å². The van der Waals surface area contributed by atoms with E-state index in [4.69, 9.17) is 72.2 Å². The molecule has 0 unspecified atom stereocenters. The van der Waals surface area contributed by atoms with E-state index in [1.54, 1.807) is 133 Å². The van der Waals surface area contributed by atoms with Gasteiger partial charge in [0.05, 0.1) is 60.3 Å². The average molecular weight is 2150 g/mol. The first-order chi connectivity index (χ1) is 89.2. The molecule has 0 heterocycles. The zero-order chi connectivity index (χ0) is 138. The molecule has 22 rings (SSSR count). The molecule has 0 saturated heterocycles. The quantitative estimate of drug-likeness (QED) is 0.0317. The molecule has 0 aliphatic rings. The molecule has 0 aliphatic carbocycles. The van der Waals surface area contributed by atoms with Gasteiger partial charge in [-0.15, -0.1) is 0 Å². The van der Waals surface area contributed by atoms with Gasteiger partial charge in [0.1, 0.15) is 0 Å². The van der Waals surface area contributed by atoms with Gasteiger partial charge in [0.2, 0.25) is 0 Å². The minimum absolute atomic E-state index is 0. The van der Waals surface area contributed by atoms with Crippen LogP contribution >= 0.6 is 72.2 Å². The first-order valence-electron chi connectivity index (χ1n) is 65.6. The van der Waals surface area contributed by atoms with E-state index in [9.17, 15) is 5.48 Å². The van der Waals surface area contributed by atoms with Crippen molar-refractivity contribution in [3.8, 4) is 111 Å². The van der Waals surface area contributed by atoms with Gasteiger partial charge in [-0.05, 0) is 293 Å². The predicted molar refractivity (Wildman–Crippen MR) is 640 cm³/mol. The number of anilines is 10. The van der Waals surface area contributed by atoms with Crippen LogP contribution in [0.1, 0.15) is 67.7 Å². The SMILES string of the molecule is C.Clc1ccc(-c2ccc(-c3ccccc3)c(-c3ccccc3)c2)cc1.[2H]c1c([2H])c(-c2ccccc2)c([2H])c([2H])c1Nc1c([2H])c([2H])c(-c2ccccc2)c([2H])c1[2H].[2H]c1c([2H])c(N(c2ccc(-c3ccc(-c4ccccc4)c(-c4ccccc4)c3)cc2)c2c([2H])c([2H])c(-c3ccccc3)c([2H])c2[2H])c([2H])c([2H])c1-c1ccccc1.[2H]c1c([2H])c(Nc2c([2H])c([2H])c(Br)c([2H])c2[2H])c([2H])c([2H])c1Br.[2H]c1c([2H])c([2H])c(Br)c([2H])c1[2H].[2H]c1c([2H])c([2H])c(N)c([2H])c1[2H].[2H]c1c([2H])c([2H])c(Nc2c([2H])c([2H])c([2H])c([2H])c2[2H])c([2H])c1[2H].[B]=NS. The van der Waals surface area contributed by atoms with Gasteiger partial charge in [-0.25, -0.2) is 0 Å². The number of thiol groups is 1. The maximum atomic E-state index is 9.30. The van der Waals surface area contributed by atoms with Crippen LogP contribution in [0.15, 0.2) is 611 Å². The Morgan fingerprint density at radius 2 is 0.441 bits per heavy atom. The molecule has 6 nitrogen and oxygen atoms in total. The van der Waals surface area contributed by atoms with Crippen LogP contribution < -0.4 is 26.6 Å². The van der Waals surface area contributed by atoms with Crippen LogP contribution in [0.4, 0.5) is 56.9 Å². The number of para-hydroxylation sites is 3. The van der Waals surface area contributed by atoms with E-state index in [1.807, 2.05) is 66.7 Å². The van der Waals surface area contributed by atoms with Crippen LogP contribution in [-0.4, -0.2) is 7.64 Å². The average Bonchev–Trinajstić information content (AvgIpc) is 0.740. The van der Waals surface area contributed by atoms with E-state index in [0.717, 1.165) is 38.4 Å². The molecule has 707 valence electrons. The molecule has 0 aliphatic heterocycles. The minimum atomic E-state index is -0.583. The number of nitrogen functional groups attached to an aromatic ring is 1. The molecule has 0 amide bonds. The van der Waals surface area contributed by atoms with Crippen molar-refractivity contribution in [2.24, 2.45) is 4.30 Å². The molecule has 0 fully saturated rings. The van der Waals surface area contributed by atoms with Gasteiger partial charge in [-0.2, -0.15) is 0 Å². The number of hydrogen-bond donors (Lipinski definition) is 5. The van der Waals surface area contributed by atoms with E-state index in [2.05, 4.69) is 216 Å². The molecule has 0 saturated carbocycles. The molecule has 0 spiro atoms. The monoisotopic (exact) mass is 2150 g/mol. The standard InChI is InChI=1S/C48H35N.C24H17Cl.C24H19N.C12H9Br2N.C12H11N.C6H5Br.C6H7N.CH4.BHNS/c1-5-13-36(14-6-1)38-21-28-44(29-22-38)49(45-30-23-39(24-31-45)37-15-7-2-8-16-37)46-32-25-40(26-33-46)43-27-34-47(41-17-9-3-10-18-41)48(35-43)42-19-11-4-12-20-42;25-22-14-11-18(12-15-22)21-13-16-23(19-7-3-1-4-8-19)24(17-21)20-9-5-2-6-10-20;1-3-7-19(8-4-1)21-11-15-23(16-12-21)25-24-17-13-22(14-18-24)20-9-5-2-6-10-20;13-9-1-5-11(6-2-9)15-12-7-3-10(14)4-8-12;1-3-7-11(8-4-1)13-12-9-5-2-6-10-12;2*7-6-4-2-1-3-5-6;;1-2-3/h1-35H;1-17H;1-18,25H;1-8,15H;1-10,13H;1-5H;1-5H,7H2;1H4;3H/i21D,22D,23D,24D,28D,29D,30D,31D;;11D,12D,13D,14D,15D,16D,17D,18D;1D,2D,3D,4D,5D,6D,7D,8D;1D,2D,3D,4D,5D,6D,7D,8D,9D,10D;2*1D,2D,3D,4D,5D;;. The molecule has 12 heteroatoms. The van der Waals surface area contributed by atoms with Crippen molar-refractivity contribution in [1.29, 1.82) is 0 Å². The van der Waals surface area contributed by atoms with E-state index >= 15 is 0 Å². The fraction of sp³-hybridized carbons (Fsp3) is 0.00752. The van der Waals surface area contributed by atoms with Crippen LogP contribution in [0.5, 0.6) is 0 Å². The molecule has 0 atom stereocenters. The summed E-state index contributed by atoms with van der Waals surface area (Å²) in [6.07, 6.45) is 0. The van der Waals surface area contributed by atoms with Gasteiger partial charge in [0.25, 0.3) is 0 Å². The summed E-state index contributed by atoms with van der Waals surface area (Å²) in [5.74, 6) is 0. The van der Waals surface area contributed by atoms with E-state index < -0.39 is 78.6 Å². The summed E-state index contributed by atoms with van der Waals surface area (Å²) in [7, 11) is 4.34. The van der Waals surface area contributed by atoms with Gasteiger partial charge in [-0.3, -0.25) is 0 Å². The summed E-state index contributed by atoms with van der Waals surface area (Å²) in [6, 6.07) is 87.6. The van der Waals surface area contributed by atoms with Crippen LogP contribution in [0, 0.1) is 0 Å². The number of hydrogen-bond acceptors (Lipinski definition) is 7. The van der Waals surface area contributed by atoms with Gasteiger partial charge >= 0.3 is 24.8 Å². The predicted octanol–water partition coefficient (Wildman–Crippen LogP) is 40.5. The van der Waals surface area contributed by atoms with Crippen molar-refractivity contribution in [3.05, 3.63) is 612 Å². The molecule has 22 aromatic carbocycles. The molecular formula is C133H108BBr3ClN6S. The van der Waals surface area contributed by atoms with Gasteiger partial charge in [-0.1, -0.05) is 479 Å². The number of halogens is 4. The Morgan fingerprint density at radius 3 is 0.731 bits per heavy atom. The van der Waals surface area contributed by atoms with Crippen molar-refractivity contribution >= 4 is 137 Å². The Hall–Kier alpha value is -16.2. The summed E-state index contributed by atoms with van der Waals surface area (Å²) >= 11 is 18.1. The fourth-order valence-corrected chi connectivity index (χ4v) is 14.2. The number of nitrogens with one attached hydrogen (secondary N) is 3. The number of rotatable bonds is 19. The fourth-order valence-electron chi connectivity index (χ4n) is 13.5. The molecule has 0 bridgehead atoms. The molecule has 1 radical (unpaired) electrons. The number of nitrogens with two attached hydrogens (primary N) is 1. The first-order valence-corrected chi connectivity index (χ1v) is 46.7. The molecule has 145 heavy (non-hydrogen) atoms. The molecule has 22 aromatic rings. The van der Waals surface area contributed by atoms with Crippen molar-refractivity contribution in [3.63, 3.8) is 0 Å². The van der Waals surface area contributed by atoms with Gasteiger partial charge in [0, 0.05) is 75.3 Å². The topological polar surface area (TPSA) is 77.7 Å². The van der Waals surface area contributed by atoms with Crippen LogP contribution in [-0.2, 0) is 0 Å². The van der Waals surface area contributed by atoms with Crippen LogP contribution in [0.2, 0.25) is 5.02 Å². The normalized spacial score (nSPS) is 14.3. The van der Waals surface area contributed by atoms with E-state index in [1.165, 1.54) is 38.3 Å². The Balaban J connectivity index is 0.000000178. The summed E-state index contributed by atoms with van der Waals surface area (Å²) < 4.78 is 355.